The summed E-state index contributed by atoms with van der Waals surface area (Å²) in [4.78, 5) is 22.1. The van der Waals surface area contributed by atoms with Gasteiger partial charge in [0.25, 0.3) is 5.91 Å². The first-order chi connectivity index (χ1) is 6.87. The first-order valence-electron chi connectivity index (χ1n) is 4.93. The average molecular weight is 217 g/mol. The highest BCUT2D eigenvalue weighted by molar-refractivity contribution is 5.85. The minimum atomic E-state index is -0.925. The second kappa shape index (κ2) is 5.70. The van der Waals surface area contributed by atoms with Crippen molar-refractivity contribution in [3.8, 4) is 0 Å². The molecule has 0 saturated carbocycles. The van der Waals surface area contributed by atoms with Crippen molar-refractivity contribution in [3.05, 3.63) is 0 Å². The zero-order chi connectivity index (χ0) is 12.1. The van der Waals surface area contributed by atoms with E-state index in [-0.39, 0.29) is 12.5 Å². The molecule has 0 heterocycles. The van der Waals surface area contributed by atoms with Crippen LogP contribution in [0, 0.1) is 5.92 Å². The predicted molar refractivity (Wildman–Crippen MR) is 55.5 cm³/mol. The normalized spacial score (nSPS) is 16.5. The Kier molecular flexibility index (Phi) is 5.28. The fourth-order valence-corrected chi connectivity index (χ4v) is 0.918. The van der Waals surface area contributed by atoms with E-state index in [1.54, 1.807) is 13.8 Å². The van der Waals surface area contributed by atoms with E-state index in [9.17, 15) is 9.59 Å². The molecular weight excluding hydrogens is 198 g/mol. The third-order valence-electron chi connectivity index (χ3n) is 2.60. The number of nitrogens with one attached hydrogen (secondary N) is 1. The molecule has 88 valence electrons. The summed E-state index contributed by atoms with van der Waals surface area (Å²) >= 11 is 0. The molecule has 0 spiro atoms. The van der Waals surface area contributed by atoms with Gasteiger partial charge in [-0.15, -0.1) is 0 Å². The van der Waals surface area contributed by atoms with Gasteiger partial charge in [0.1, 0.15) is 5.60 Å². The van der Waals surface area contributed by atoms with Gasteiger partial charge in [0, 0.05) is 13.7 Å². The average Bonchev–Trinajstić information content (AvgIpc) is 2.23. The fraction of sp³-hybridized carbons (Fsp3) is 0.800. The third kappa shape index (κ3) is 3.87. The van der Waals surface area contributed by atoms with Crippen molar-refractivity contribution in [2.24, 2.45) is 5.92 Å². The highest BCUT2D eigenvalue weighted by Gasteiger charge is 2.31. The Morgan fingerprint density at radius 2 is 2.07 bits per heavy atom. The molecule has 0 saturated heterocycles. The summed E-state index contributed by atoms with van der Waals surface area (Å²) in [5.74, 6) is -1.79. The Balaban J connectivity index is 4.19. The largest absolute Gasteiger partial charge is 0.481 e. The van der Waals surface area contributed by atoms with Crippen LogP contribution in [0.4, 0.5) is 0 Å². The number of carbonyl (C=O) groups is 2. The van der Waals surface area contributed by atoms with Crippen LogP contribution in [0.15, 0.2) is 0 Å². The van der Waals surface area contributed by atoms with Gasteiger partial charge in [-0.1, -0.05) is 13.8 Å². The molecule has 0 aliphatic rings. The quantitative estimate of drug-likeness (QED) is 0.684. The summed E-state index contributed by atoms with van der Waals surface area (Å²) in [5.41, 5.74) is -0.877. The molecule has 0 aromatic rings. The standard InChI is InChI=1S/C10H19NO4/c1-5-10(3,15-4)9(14)11-6-7(2)8(12)13/h7H,5-6H2,1-4H3,(H,11,14)(H,12,13). The van der Waals surface area contributed by atoms with Gasteiger partial charge in [0.05, 0.1) is 5.92 Å². The van der Waals surface area contributed by atoms with E-state index in [4.69, 9.17) is 9.84 Å². The lowest BCUT2D eigenvalue weighted by molar-refractivity contribution is -0.144. The van der Waals surface area contributed by atoms with Crippen molar-refractivity contribution in [1.82, 2.24) is 5.32 Å². The maximum atomic E-state index is 11.6. The molecule has 0 bridgehead atoms. The van der Waals surface area contributed by atoms with Crippen molar-refractivity contribution in [1.29, 1.82) is 0 Å². The first-order valence-corrected chi connectivity index (χ1v) is 4.93. The lowest BCUT2D eigenvalue weighted by Gasteiger charge is -2.25. The number of carboxylic acid groups (broad SMARTS) is 1. The van der Waals surface area contributed by atoms with Gasteiger partial charge in [-0.2, -0.15) is 0 Å². The summed E-state index contributed by atoms with van der Waals surface area (Å²) in [6, 6.07) is 0. The Labute approximate surface area is 89.8 Å². The Morgan fingerprint density at radius 1 is 1.53 bits per heavy atom. The molecule has 0 rings (SSSR count). The number of carbonyl (C=O) groups excluding carboxylic acids is 1. The maximum Gasteiger partial charge on any atom is 0.308 e. The van der Waals surface area contributed by atoms with E-state index in [0.717, 1.165) is 0 Å². The van der Waals surface area contributed by atoms with Crippen molar-refractivity contribution < 1.29 is 19.4 Å². The van der Waals surface area contributed by atoms with Crippen LogP contribution in [0.5, 0.6) is 0 Å². The molecule has 2 N–H and O–H groups in total. The summed E-state index contributed by atoms with van der Waals surface area (Å²) < 4.78 is 5.08. The van der Waals surface area contributed by atoms with Gasteiger partial charge in [0.2, 0.25) is 0 Å². The number of aliphatic carboxylic acids is 1. The molecule has 2 unspecified atom stereocenters. The smallest absolute Gasteiger partial charge is 0.308 e. The minimum Gasteiger partial charge on any atom is -0.481 e. The van der Waals surface area contributed by atoms with E-state index < -0.39 is 17.5 Å². The van der Waals surface area contributed by atoms with E-state index in [0.29, 0.717) is 6.42 Å². The van der Waals surface area contributed by atoms with Gasteiger partial charge in [0.15, 0.2) is 0 Å². The number of amides is 1. The Bertz CT molecular complexity index is 236. The molecule has 5 heteroatoms. The second-order valence-electron chi connectivity index (χ2n) is 3.74. The molecule has 1 amide bonds. The molecule has 0 aliphatic heterocycles. The number of hydrogen-bond acceptors (Lipinski definition) is 3. The summed E-state index contributed by atoms with van der Waals surface area (Å²) in [6.45, 7) is 5.17. The molecule has 0 fully saturated rings. The predicted octanol–water partition coefficient (Wildman–Crippen LogP) is 0.638. The molecule has 5 nitrogen and oxygen atoms in total. The van der Waals surface area contributed by atoms with E-state index in [1.165, 1.54) is 7.11 Å². The van der Waals surface area contributed by atoms with Crippen LogP contribution in [-0.2, 0) is 14.3 Å². The van der Waals surface area contributed by atoms with Crippen LogP contribution in [-0.4, -0.2) is 36.2 Å². The highest BCUT2D eigenvalue weighted by atomic mass is 16.5. The molecule has 0 aliphatic carbocycles. The lowest BCUT2D eigenvalue weighted by atomic mass is 10.0. The Morgan fingerprint density at radius 3 is 2.40 bits per heavy atom. The van der Waals surface area contributed by atoms with Crippen molar-refractivity contribution >= 4 is 11.9 Å². The number of methoxy groups -OCH3 is 1. The molecular formula is C10H19NO4. The second-order valence-corrected chi connectivity index (χ2v) is 3.74. The SMILES string of the molecule is CCC(C)(OC)C(=O)NCC(C)C(=O)O. The maximum absolute atomic E-state index is 11.6. The van der Waals surface area contributed by atoms with Crippen LogP contribution < -0.4 is 5.32 Å². The van der Waals surface area contributed by atoms with Crippen LogP contribution in [0.25, 0.3) is 0 Å². The van der Waals surface area contributed by atoms with E-state index >= 15 is 0 Å². The van der Waals surface area contributed by atoms with Gasteiger partial charge in [-0.25, -0.2) is 0 Å². The zero-order valence-corrected chi connectivity index (χ0v) is 9.66. The van der Waals surface area contributed by atoms with Gasteiger partial charge >= 0.3 is 5.97 Å². The molecule has 0 aromatic carbocycles. The first kappa shape index (κ1) is 13.9. The lowest BCUT2D eigenvalue weighted by Crippen LogP contribution is -2.47. The number of rotatable bonds is 6. The van der Waals surface area contributed by atoms with Crippen molar-refractivity contribution in [2.75, 3.05) is 13.7 Å². The molecule has 0 aromatic heterocycles. The van der Waals surface area contributed by atoms with Crippen molar-refractivity contribution in [2.45, 2.75) is 32.8 Å². The molecule has 15 heavy (non-hydrogen) atoms. The summed E-state index contributed by atoms with van der Waals surface area (Å²) in [6.07, 6.45) is 0.538. The fourth-order valence-electron chi connectivity index (χ4n) is 0.918. The number of carboxylic acids is 1. The van der Waals surface area contributed by atoms with Gasteiger partial charge in [-0.3, -0.25) is 9.59 Å². The summed E-state index contributed by atoms with van der Waals surface area (Å²) in [7, 11) is 1.46. The third-order valence-corrected chi connectivity index (χ3v) is 2.60. The van der Waals surface area contributed by atoms with E-state index in [2.05, 4.69) is 5.32 Å². The van der Waals surface area contributed by atoms with Crippen LogP contribution >= 0.6 is 0 Å². The van der Waals surface area contributed by atoms with Gasteiger partial charge in [-0.05, 0) is 13.3 Å². The molecule has 0 radical (unpaired) electrons. The topological polar surface area (TPSA) is 75.6 Å². The minimum absolute atomic E-state index is 0.118. The van der Waals surface area contributed by atoms with Crippen LogP contribution in [0.2, 0.25) is 0 Å². The summed E-state index contributed by atoms with van der Waals surface area (Å²) in [5, 5.41) is 11.2. The highest BCUT2D eigenvalue weighted by Crippen LogP contribution is 2.13. The van der Waals surface area contributed by atoms with Gasteiger partial charge < -0.3 is 15.2 Å². The zero-order valence-electron chi connectivity index (χ0n) is 9.66. The van der Waals surface area contributed by atoms with Crippen LogP contribution in [0.3, 0.4) is 0 Å². The number of ether oxygens (including phenoxy) is 1. The van der Waals surface area contributed by atoms with E-state index in [1.807, 2.05) is 6.92 Å². The number of hydrogen-bond donors (Lipinski definition) is 2. The monoisotopic (exact) mass is 217 g/mol. The van der Waals surface area contributed by atoms with Crippen molar-refractivity contribution in [3.63, 3.8) is 0 Å². The Hall–Kier alpha value is -1.10. The van der Waals surface area contributed by atoms with Crippen LogP contribution in [0.1, 0.15) is 27.2 Å². The molecule has 2 atom stereocenters.